The van der Waals surface area contributed by atoms with E-state index in [9.17, 15) is 9.59 Å². The Morgan fingerprint density at radius 1 is 1.10 bits per heavy atom. The van der Waals surface area contributed by atoms with Crippen LogP contribution in [-0.2, 0) is 4.79 Å². The highest BCUT2D eigenvalue weighted by Gasteiger charge is 2.25. The normalized spacial score (nSPS) is 16.0. The Labute approximate surface area is 183 Å². The van der Waals surface area contributed by atoms with Gasteiger partial charge in [0.15, 0.2) is 0 Å². The van der Waals surface area contributed by atoms with Gasteiger partial charge in [-0.05, 0) is 66.1 Å². The van der Waals surface area contributed by atoms with Crippen LogP contribution in [-0.4, -0.2) is 24.4 Å². The summed E-state index contributed by atoms with van der Waals surface area (Å²) in [5.74, 6) is 1.56. The summed E-state index contributed by atoms with van der Waals surface area (Å²) >= 11 is 4.30. The molecule has 1 atom stereocenters. The summed E-state index contributed by atoms with van der Waals surface area (Å²) < 4.78 is 12.5. The van der Waals surface area contributed by atoms with Crippen LogP contribution in [0.4, 0.5) is 4.79 Å². The van der Waals surface area contributed by atoms with Crippen LogP contribution in [0.3, 0.4) is 0 Å². The lowest BCUT2D eigenvalue weighted by Crippen LogP contribution is -2.17. The molecule has 2 aromatic carbocycles. The van der Waals surface area contributed by atoms with Gasteiger partial charge < -0.3 is 9.47 Å². The fourth-order valence-corrected chi connectivity index (χ4v) is 3.82. The number of carbonyl (C=O) groups is 2. The molecule has 0 aliphatic carbocycles. The molecule has 0 radical (unpaired) electrons. The van der Waals surface area contributed by atoms with Crippen molar-refractivity contribution in [3.8, 4) is 11.5 Å². The number of halogens is 1. The lowest BCUT2D eigenvalue weighted by molar-refractivity contribution is -0.115. The molecule has 0 aromatic heterocycles. The van der Waals surface area contributed by atoms with Gasteiger partial charge in [-0.1, -0.05) is 41.9 Å². The van der Waals surface area contributed by atoms with Crippen molar-refractivity contribution in [2.45, 2.75) is 26.2 Å². The molecule has 1 saturated heterocycles. The summed E-state index contributed by atoms with van der Waals surface area (Å²) in [6, 6.07) is 13.7. The molecule has 0 spiro atoms. The average molecular weight is 476 g/mol. The van der Waals surface area contributed by atoms with Crippen molar-refractivity contribution in [3.63, 3.8) is 0 Å². The number of amides is 2. The molecule has 2 aromatic rings. The number of hydrogen-bond acceptors (Lipinski definition) is 5. The lowest BCUT2D eigenvalue weighted by Gasteiger charge is -2.12. The molecule has 0 saturated carbocycles. The maximum atomic E-state index is 11.8. The van der Waals surface area contributed by atoms with Crippen LogP contribution in [0.1, 0.15) is 37.3 Å². The average Bonchev–Trinajstić information content (AvgIpc) is 3.03. The van der Waals surface area contributed by atoms with Gasteiger partial charge in [-0.2, -0.15) is 0 Å². The maximum absolute atomic E-state index is 11.8. The number of thioether (sulfide) groups is 1. The lowest BCUT2D eigenvalue weighted by atomic mass is 9.99. The molecule has 1 heterocycles. The zero-order valence-corrected chi connectivity index (χ0v) is 18.6. The summed E-state index contributed by atoms with van der Waals surface area (Å²) in [5.41, 5.74) is 2.01. The quantitative estimate of drug-likeness (QED) is 0.389. The van der Waals surface area contributed by atoms with Crippen molar-refractivity contribution in [3.05, 3.63) is 63.0 Å². The Bertz CT molecular complexity index is 927. The second-order valence-electron chi connectivity index (χ2n) is 6.61. The van der Waals surface area contributed by atoms with Gasteiger partial charge in [0.25, 0.3) is 11.1 Å². The number of imide groups is 1. The first kappa shape index (κ1) is 21.5. The molecule has 29 heavy (non-hydrogen) atoms. The molecule has 152 valence electrons. The van der Waals surface area contributed by atoms with Gasteiger partial charge in [0.05, 0.1) is 4.91 Å². The Balaban J connectivity index is 1.59. The van der Waals surface area contributed by atoms with E-state index in [0.717, 1.165) is 28.4 Å². The minimum absolute atomic E-state index is 0.343. The molecular weight excluding hydrogens is 454 g/mol. The fraction of sp³-hybridized carbons (Fsp3) is 0.273. The van der Waals surface area contributed by atoms with Crippen molar-refractivity contribution in [1.29, 1.82) is 0 Å². The predicted octanol–water partition coefficient (Wildman–Crippen LogP) is 5.74. The predicted molar refractivity (Wildman–Crippen MR) is 119 cm³/mol. The smallest absolute Gasteiger partial charge is 0.290 e. The van der Waals surface area contributed by atoms with Crippen molar-refractivity contribution < 1.29 is 19.1 Å². The number of benzene rings is 2. The molecule has 3 rings (SSSR count). The van der Waals surface area contributed by atoms with Crippen LogP contribution >= 0.6 is 27.7 Å². The topological polar surface area (TPSA) is 64.6 Å². The molecule has 1 aliphatic heterocycles. The highest BCUT2D eigenvalue weighted by Crippen LogP contribution is 2.31. The number of hydrogen-bond donors (Lipinski definition) is 1. The van der Waals surface area contributed by atoms with E-state index in [1.807, 2.05) is 30.3 Å². The molecule has 1 N–H and O–H groups in total. The molecule has 1 fully saturated rings. The van der Waals surface area contributed by atoms with Gasteiger partial charge in [0.1, 0.15) is 24.7 Å². The van der Waals surface area contributed by atoms with Crippen LogP contribution < -0.4 is 14.8 Å². The van der Waals surface area contributed by atoms with Gasteiger partial charge in [-0.25, -0.2) is 0 Å². The third kappa shape index (κ3) is 5.87. The van der Waals surface area contributed by atoms with Crippen LogP contribution in [0, 0.1) is 0 Å². The summed E-state index contributed by atoms with van der Waals surface area (Å²) in [6.45, 7) is 5.12. The zero-order chi connectivity index (χ0) is 20.8. The zero-order valence-electron chi connectivity index (χ0n) is 16.2. The standard InChI is InChI=1S/C22H22BrNO4S/c1-3-14(2)15-4-7-18(8-5-15)27-10-11-28-19-9-6-17(23)12-16(19)13-20-21(25)24-22(26)29-20/h4-9,12-14H,3,10-11H2,1-2H3,(H,24,25,26). The van der Waals surface area contributed by atoms with Crippen molar-refractivity contribution >= 4 is 44.9 Å². The maximum Gasteiger partial charge on any atom is 0.290 e. The number of nitrogens with one attached hydrogen (secondary N) is 1. The molecular formula is C22H22BrNO4S. The fourth-order valence-electron chi connectivity index (χ4n) is 2.77. The van der Waals surface area contributed by atoms with Gasteiger partial charge in [0.2, 0.25) is 0 Å². The SMILES string of the molecule is CCC(C)c1ccc(OCCOc2ccc(Br)cc2C=C2SC(=O)NC2=O)cc1. The Morgan fingerprint density at radius 2 is 1.83 bits per heavy atom. The molecule has 2 amide bonds. The van der Waals surface area contributed by atoms with E-state index < -0.39 is 5.91 Å². The third-order valence-electron chi connectivity index (χ3n) is 4.57. The minimum atomic E-state index is -0.393. The second kappa shape index (κ2) is 9.98. The first-order valence-electron chi connectivity index (χ1n) is 9.36. The molecule has 5 nitrogen and oxygen atoms in total. The van der Waals surface area contributed by atoms with E-state index in [0.29, 0.717) is 35.3 Å². The summed E-state index contributed by atoms with van der Waals surface area (Å²) in [4.78, 5) is 23.5. The van der Waals surface area contributed by atoms with Gasteiger partial charge in [0, 0.05) is 10.0 Å². The van der Waals surface area contributed by atoms with Crippen molar-refractivity contribution in [2.24, 2.45) is 0 Å². The monoisotopic (exact) mass is 475 g/mol. The van der Waals surface area contributed by atoms with Gasteiger partial charge >= 0.3 is 0 Å². The molecule has 0 bridgehead atoms. The molecule has 1 aliphatic rings. The molecule has 1 unspecified atom stereocenters. The first-order valence-corrected chi connectivity index (χ1v) is 11.0. The Hall–Kier alpha value is -2.25. The van der Waals surface area contributed by atoms with Crippen LogP contribution in [0.25, 0.3) is 6.08 Å². The van der Waals surface area contributed by atoms with Crippen molar-refractivity contribution in [2.75, 3.05) is 13.2 Å². The van der Waals surface area contributed by atoms with Crippen LogP contribution in [0.5, 0.6) is 11.5 Å². The number of carbonyl (C=O) groups excluding carboxylic acids is 2. The minimum Gasteiger partial charge on any atom is -0.490 e. The number of rotatable bonds is 8. The van der Waals surface area contributed by atoms with E-state index in [4.69, 9.17) is 9.47 Å². The Kier molecular flexibility index (Phi) is 7.39. The van der Waals surface area contributed by atoms with Gasteiger partial charge in [-0.3, -0.25) is 14.9 Å². The van der Waals surface area contributed by atoms with E-state index in [-0.39, 0.29) is 5.24 Å². The summed E-state index contributed by atoms with van der Waals surface area (Å²) in [5, 5.41) is 1.88. The molecule has 7 heteroatoms. The largest absolute Gasteiger partial charge is 0.490 e. The van der Waals surface area contributed by atoms with E-state index in [1.165, 1.54) is 5.56 Å². The third-order valence-corrected chi connectivity index (χ3v) is 5.88. The highest BCUT2D eigenvalue weighted by atomic mass is 79.9. The second-order valence-corrected chi connectivity index (χ2v) is 8.54. The van der Waals surface area contributed by atoms with Crippen LogP contribution in [0.2, 0.25) is 0 Å². The Morgan fingerprint density at radius 3 is 2.48 bits per heavy atom. The van der Waals surface area contributed by atoms with Crippen molar-refractivity contribution in [1.82, 2.24) is 5.32 Å². The van der Waals surface area contributed by atoms with E-state index >= 15 is 0 Å². The van der Waals surface area contributed by atoms with Crippen LogP contribution in [0.15, 0.2) is 51.8 Å². The van der Waals surface area contributed by atoms with E-state index in [1.54, 1.807) is 6.08 Å². The first-order chi connectivity index (χ1) is 14.0. The van der Waals surface area contributed by atoms with E-state index in [2.05, 4.69) is 47.2 Å². The summed E-state index contributed by atoms with van der Waals surface area (Å²) in [7, 11) is 0. The van der Waals surface area contributed by atoms with Gasteiger partial charge in [-0.15, -0.1) is 0 Å². The number of ether oxygens (including phenoxy) is 2. The highest BCUT2D eigenvalue weighted by molar-refractivity contribution is 9.10. The summed E-state index contributed by atoms with van der Waals surface area (Å²) in [6.07, 6.45) is 2.76.